The minimum absolute atomic E-state index is 0.0511. The summed E-state index contributed by atoms with van der Waals surface area (Å²) in [6, 6.07) is 10.8. The lowest BCUT2D eigenvalue weighted by molar-refractivity contribution is -0.138. The molecule has 2 aromatic carbocycles. The van der Waals surface area contributed by atoms with Crippen molar-refractivity contribution in [2.24, 2.45) is 5.73 Å². The van der Waals surface area contributed by atoms with Crippen LogP contribution in [-0.4, -0.2) is 24.8 Å². The standard InChI is InChI=1S/C26H24ClN3O4/c1-13-7-10-17-16(11-13)26(25(33)29-17)21-18(5-4-6-20(21)31)30(23(28)22(26)24(32)34-3)19-12-15(27)9-8-14(19)2/h7-12H,4-6,28H2,1-3H3,(H,29,33). The van der Waals surface area contributed by atoms with Gasteiger partial charge in [0.15, 0.2) is 5.78 Å². The number of hydrogen-bond donors (Lipinski definition) is 2. The van der Waals surface area contributed by atoms with Crippen molar-refractivity contribution < 1.29 is 19.1 Å². The summed E-state index contributed by atoms with van der Waals surface area (Å²) in [6.07, 6.45) is 1.39. The highest BCUT2D eigenvalue weighted by molar-refractivity contribution is 6.31. The number of nitrogens with one attached hydrogen (secondary N) is 1. The maximum atomic E-state index is 13.8. The third-order valence-corrected chi connectivity index (χ3v) is 7.11. The van der Waals surface area contributed by atoms with Crippen LogP contribution in [0.4, 0.5) is 11.4 Å². The van der Waals surface area contributed by atoms with Gasteiger partial charge >= 0.3 is 5.97 Å². The molecule has 0 saturated heterocycles. The van der Waals surface area contributed by atoms with Gasteiger partial charge in [0.05, 0.1) is 12.8 Å². The van der Waals surface area contributed by atoms with Gasteiger partial charge in [-0.05, 0) is 50.5 Å². The SMILES string of the molecule is COC(=O)C1=C(N)N(c2cc(Cl)ccc2C)C2=C(C(=O)CCC2)C12C(=O)Nc1ccc(C)cc12. The Labute approximate surface area is 202 Å². The number of halogens is 1. The number of aryl methyl sites for hydroxylation is 2. The Morgan fingerprint density at radius 3 is 2.65 bits per heavy atom. The summed E-state index contributed by atoms with van der Waals surface area (Å²) in [5.41, 5.74) is 9.34. The Kier molecular flexibility index (Phi) is 5.06. The molecule has 0 bridgehead atoms. The second-order valence-corrected chi connectivity index (χ2v) is 9.31. The van der Waals surface area contributed by atoms with E-state index < -0.39 is 17.3 Å². The number of nitrogens with two attached hydrogens (primary N) is 1. The van der Waals surface area contributed by atoms with Crippen molar-refractivity contribution in [3.8, 4) is 0 Å². The van der Waals surface area contributed by atoms with Crippen LogP contribution in [0.5, 0.6) is 0 Å². The molecule has 3 aliphatic rings. The van der Waals surface area contributed by atoms with E-state index in [0.717, 1.165) is 11.1 Å². The number of benzene rings is 2. The monoisotopic (exact) mass is 477 g/mol. The van der Waals surface area contributed by atoms with E-state index in [0.29, 0.717) is 40.5 Å². The Hall–Kier alpha value is -3.58. The molecule has 0 fully saturated rings. The van der Waals surface area contributed by atoms with E-state index in [2.05, 4.69) is 5.32 Å². The summed E-state index contributed by atoms with van der Waals surface area (Å²) in [4.78, 5) is 42.5. The van der Waals surface area contributed by atoms with Gasteiger partial charge < -0.3 is 15.8 Å². The van der Waals surface area contributed by atoms with Crippen LogP contribution in [0.1, 0.15) is 36.0 Å². The highest BCUT2D eigenvalue weighted by Gasteiger charge is 2.62. The Bertz CT molecular complexity index is 1360. The number of anilines is 2. The second-order valence-electron chi connectivity index (χ2n) is 8.87. The number of carbonyl (C=O) groups is 3. The average molecular weight is 478 g/mol. The number of rotatable bonds is 2. The summed E-state index contributed by atoms with van der Waals surface area (Å²) in [5, 5.41) is 3.36. The molecular weight excluding hydrogens is 454 g/mol. The zero-order valence-electron chi connectivity index (χ0n) is 19.1. The number of ketones is 1. The zero-order valence-corrected chi connectivity index (χ0v) is 19.9. The third-order valence-electron chi connectivity index (χ3n) is 6.87. The van der Waals surface area contributed by atoms with Gasteiger partial charge in [-0.15, -0.1) is 0 Å². The number of fused-ring (bicyclic) bond motifs is 3. The molecule has 0 saturated carbocycles. The first kappa shape index (κ1) is 22.2. The van der Waals surface area contributed by atoms with Gasteiger partial charge in [0.1, 0.15) is 16.8 Å². The van der Waals surface area contributed by atoms with E-state index >= 15 is 0 Å². The molecule has 7 nitrogen and oxygen atoms in total. The van der Waals surface area contributed by atoms with Crippen LogP contribution in [-0.2, 0) is 24.5 Å². The molecule has 3 N–H and O–H groups in total. The lowest BCUT2D eigenvalue weighted by atomic mass is 9.63. The summed E-state index contributed by atoms with van der Waals surface area (Å²) < 4.78 is 5.15. The highest BCUT2D eigenvalue weighted by atomic mass is 35.5. The minimum Gasteiger partial charge on any atom is -0.466 e. The molecule has 2 heterocycles. The fourth-order valence-electron chi connectivity index (χ4n) is 5.42. The van der Waals surface area contributed by atoms with Gasteiger partial charge in [0.25, 0.3) is 0 Å². The number of allylic oxidation sites excluding steroid dienone is 1. The molecule has 1 amide bonds. The predicted octanol–water partition coefficient (Wildman–Crippen LogP) is 4.02. The van der Waals surface area contributed by atoms with Crippen molar-refractivity contribution >= 4 is 40.6 Å². The lowest BCUT2D eigenvalue weighted by Gasteiger charge is -2.44. The van der Waals surface area contributed by atoms with Gasteiger partial charge in [-0.25, -0.2) is 4.79 Å². The average Bonchev–Trinajstić information content (AvgIpc) is 3.07. The van der Waals surface area contributed by atoms with Crippen molar-refractivity contribution in [3.05, 3.63) is 80.8 Å². The van der Waals surface area contributed by atoms with Gasteiger partial charge in [-0.3, -0.25) is 14.5 Å². The molecule has 0 aromatic heterocycles. The maximum absolute atomic E-state index is 13.8. The highest BCUT2D eigenvalue weighted by Crippen LogP contribution is 2.56. The molecule has 174 valence electrons. The normalized spacial score (nSPS) is 21.6. The van der Waals surface area contributed by atoms with Crippen LogP contribution in [0, 0.1) is 13.8 Å². The summed E-state index contributed by atoms with van der Waals surface area (Å²) in [6.45, 7) is 3.79. The van der Waals surface area contributed by atoms with E-state index in [1.807, 2.05) is 32.0 Å². The summed E-state index contributed by atoms with van der Waals surface area (Å²) in [7, 11) is 1.24. The molecule has 34 heavy (non-hydrogen) atoms. The molecule has 2 aromatic rings. The molecule has 8 heteroatoms. The quantitative estimate of drug-likeness (QED) is 0.633. The smallest absolute Gasteiger partial charge is 0.339 e. The minimum atomic E-state index is -1.69. The van der Waals surface area contributed by atoms with Crippen molar-refractivity contribution in [2.75, 3.05) is 17.3 Å². The number of hydrogen-bond acceptors (Lipinski definition) is 6. The first-order chi connectivity index (χ1) is 16.2. The summed E-state index contributed by atoms with van der Waals surface area (Å²) in [5.74, 6) is -1.39. The Morgan fingerprint density at radius 1 is 1.15 bits per heavy atom. The summed E-state index contributed by atoms with van der Waals surface area (Å²) >= 11 is 6.32. The fourth-order valence-corrected chi connectivity index (χ4v) is 5.59. The molecule has 1 unspecified atom stereocenters. The lowest BCUT2D eigenvalue weighted by Crippen LogP contribution is -2.53. The fraction of sp³-hybridized carbons (Fsp3) is 0.269. The van der Waals surface area contributed by atoms with E-state index in [-0.39, 0.29) is 29.2 Å². The predicted molar refractivity (Wildman–Crippen MR) is 129 cm³/mol. The van der Waals surface area contributed by atoms with Crippen LogP contribution in [0.15, 0.2) is 59.1 Å². The zero-order chi connectivity index (χ0) is 24.4. The number of ether oxygens (including phenoxy) is 1. The first-order valence-electron chi connectivity index (χ1n) is 11.1. The van der Waals surface area contributed by atoms with E-state index in [4.69, 9.17) is 22.1 Å². The van der Waals surface area contributed by atoms with Crippen molar-refractivity contribution in [1.29, 1.82) is 0 Å². The van der Waals surface area contributed by atoms with Crippen LogP contribution >= 0.6 is 11.6 Å². The number of nitrogens with zero attached hydrogens (tertiary/aromatic N) is 1. The number of methoxy groups -OCH3 is 1. The van der Waals surface area contributed by atoms with E-state index in [1.54, 1.807) is 23.1 Å². The van der Waals surface area contributed by atoms with Gasteiger partial charge in [-0.2, -0.15) is 0 Å². The van der Waals surface area contributed by atoms with Crippen LogP contribution in [0.2, 0.25) is 5.02 Å². The first-order valence-corrected chi connectivity index (χ1v) is 11.4. The molecular formula is C26H24ClN3O4. The molecule has 2 aliphatic heterocycles. The van der Waals surface area contributed by atoms with Crippen molar-refractivity contribution in [2.45, 2.75) is 38.5 Å². The number of esters is 1. The van der Waals surface area contributed by atoms with Crippen LogP contribution < -0.4 is 16.0 Å². The Balaban J connectivity index is 1.94. The second kappa shape index (κ2) is 7.74. The van der Waals surface area contributed by atoms with Gasteiger partial charge in [-0.1, -0.05) is 35.4 Å². The number of Topliss-reactive ketones (excluding diaryl/α,β-unsaturated/α-hetero) is 1. The topological polar surface area (TPSA) is 102 Å². The molecule has 1 atom stereocenters. The maximum Gasteiger partial charge on any atom is 0.339 e. The number of amides is 1. The van der Waals surface area contributed by atoms with Crippen molar-refractivity contribution in [3.63, 3.8) is 0 Å². The van der Waals surface area contributed by atoms with Crippen molar-refractivity contribution in [1.82, 2.24) is 0 Å². The molecule has 1 spiro atoms. The van der Waals surface area contributed by atoms with E-state index in [1.165, 1.54) is 7.11 Å². The van der Waals surface area contributed by atoms with Crippen LogP contribution in [0.3, 0.4) is 0 Å². The van der Waals surface area contributed by atoms with Gasteiger partial charge in [0.2, 0.25) is 5.91 Å². The van der Waals surface area contributed by atoms with Gasteiger partial charge in [0, 0.05) is 34.0 Å². The Morgan fingerprint density at radius 2 is 1.91 bits per heavy atom. The number of carbonyl (C=O) groups excluding carboxylic acids is 3. The molecule has 1 aliphatic carbocycles. The van der Waals surface area contributed by atoms with E-state index in [9.17, 15) is 14.4 Å². The van der Waals surface area contributed by atoms with Crippen LogP contribution in [0.25, 0.3) is 0 Å². The molecule has 0 radical (unpaired) electrons. The molecule has 5 rings (SSSR count). The largest absolute Gasteiger partial charge is 0.466 e. The third kappa shape index (κ3) is 2.86.